The molecule has 0 bridgehead atoms. The van der Waals surface area contributed by atoms with Gasteiger partial charge >= 0.3 is 0 Å². The number of aliphatic hydroxyl groups is 1. The molecule has 0 amide bonds. The molecule has 2 rings (SSSR count). The summed E-state index contributed by atoms with van der Waals surface area (Å²) in [5, 5.41) is 14.6. The molecule has 1 saturated carbocycles. The van der Waals surface area contributed by atoms with Gasteiger partial charge in [-0.3, -0.25) is 4.68 Å². The molecule has 13 heavy (non-hydrogen) atoms. The predicted octanol–water partition coefficient (Wildman–Crippen LogP) is 1.57. The predicted molar refractivity (Wildman–Crippen MR) is 50.2 cm³/mol. The van der Waals surface area contributed by atoms with E-state index in [0.717, 1.165) is 31.4 Å². The van der Waals surface area contributed by atoms with Gasteiger partial charge in [0.1, 0.15) is 5.60 Å². The van der Waals surface area contributed by atoms with Gasteiger partial charge in [-0.05, 0) is 18.9 Å². The second-order valence-corrected chi connectivity index (χ2v) is 3.97. The maximum atomic E-state index is 10.3. The Morgan fingerprint density at radius 2 is 2.08 bits per heavy atom. The summed E-state index contributed by atoms with van der Waals surface area (Å²) in [5.41, 5.74) is 0.203. The maximum Gasteiger partial charge on any atom is 0.108 e. The Labute approximate surface area is 78.4 Å². The highest BCUT2D eigenvalue weighted by Crippen LogP contribution is 2.35. The first-order valence-corrected chi connectivity index (χ1v) is 4.93. The molecule has 0 aromatic carbocycles. The third-order valence-corrected chi connectivity index (χ3v) is 2.87. The molecule has 3 heteroatoms. The van der Waals surface area contributed by atoms with E-state index in [-0.39, 0.29) is 0 Å². The molecular formula is C10H16N2O. The normalized spacial score (nSPS) is 21.7. The summed E-state index contributed by atoms with van der Waals surface area (Å²) in [7, 11) is 1.88. The van der Waals surface area contributed by atoms with Crippen LogP contribution in [-0.2, 0) is 12.6 Å². The molecule has 0 atom stereocenters. The van der Waals surface area contributed by atoms with Crippen LogP contribution in [0.25, 0.3) is 0 Å². The number of nitrogens with zero attached hydrogens (tertiary/aromatic N) is 2. The third kappa shape index (κ3) is 1.61. The van der Waals surface area contributed by atoms with E-state index in [1.165, 1.54) is 6.42 Å². The fourth-order valence-electron chi connectivity index (χ4n) is 2.06. The molecule has 1 heterocycles. The lowest BCUT2D eigenvalue weighted by Crippen LogP contribution is -2.29. The first-order chi connectivity index (χ1) is 6.21. The SMILES string of the molecule is Cn1ccc(C2(O)CCCCC2)n1. The second-order valence-electron chi connectivity index (χ2n) is 3.97. The minimum absolute atomic E-state index is 0.639. The molecule has 72 valence electrons. The molecule has 0 saturated heterocycles. The van der Waals surface area contributed by atoms with E-state index in [0.29, 0.717) is 0 Å². The van der Waals surface area contributed by atoms with E-state index in [1.54, 1.807) is 4.68 Å². The van der Waals surface area contributed by atoms with Gasteiger partial charge in [0.05, 0.1) is 5.69 Å². The van der Waals surface area contributed by atoms with Crippen molar-refractivity contribution in [2.75, 3.05) is 0 Å². The van der Waals surface area contributed by atoms with Crippen molar-refractivity contribution < 1.29 is 5.11 Å². The van der Waals surface area contributed by atoms with Crippen LogP contribution in [0.15, 0.2) is 12.3 Å². The molecule has 0 unspecified atom stereocenters. The van der Waals surface area contributed by atoms with Gasteiger partial charge in [0.2, 0.25) is 0 Å². The molecule has 1 aromatic heterocycles. The molecule has 0 aliphatic heterocycles. The van der Waals surface area contributed by atoms with Crippen molar-refractivity contribution in [1.29, 1.82) is 0 Å². The Bertz CT molecular complexity index is 287. The number of rotatable bonds is 1. The van der Waals surface area contributed by atoms with E-state index in [2.05, 4.69) is 5.10 Å². The quantitative estimate of drug-likeness (QED) is 0.712. The van der Waals surface area contributed by atoms with Gasteiger partial charge in [-0.25, -0.2) is 0 Å². The molecule has 1 aromatic rings. The Hall–Kier alpha value is -0.830. The van der Waals surface area contributed by atoms with Crippen LogP contribution in [0.1, 0.15) is 37.8 Å². The van der Waals surface area contributed by atoms with Crippen LogP contribution in [0.4, 0.5) is 0 Å². The third-order valence-electron chi connectivity index (χ3n) is 2.87. The monoisotopic (exact) mass is 180 g/mol. The van der Waals surface area contributed by atoms with Crippen molar-refractivity contribution in [1.82, 2.24) is 9.78 Å². The van der Waals surface area contributed by atoms with Gasteiger partial charge in [0.15, 0.2) is 0 Å². The zero-order chi connectivity index (χ0) is 9.31. The van der Waals surface area contributed by atoms with E-state index >= 15 is 0 Å². The van der Waals surface area contributed by atoms with Crippen molar-refractivity contribution in [3.05, 3.63) is 18.0 Å². The molecule has 1 fully saturated rings. The number of hydrogen-bond acceptors (Lipinski definition) is 2. The molecule has 0 spiro atoms. The summed E-state index contributed by atoms with van der Waals surface area (Å²) >= 11 is 0. The zero-order valence-electron chi connectivity index (χ0n) is 8.03. The van der Waals surface area contributed by atoms with Gasteiger partial charge in [-0.2, -0.15) is 5.10 Å². The van der Waals surface area contributed by atoms with Crippen molar-refractivity contribution in [3.8, 4) is 0 Å². The highest BCUT2D eigenvalue weighted by molar-refractivity contribution is 5.11. The van der Waals surface area contributed by atoms with Crippen LogP contribution in [0.3, 0.4) is 0 Å². The Balaban J connectivity index is 2.22. The molecule has 1 N–H and O–H groups in total. The zero-order valence-corrected chi connectivity index (χ0v) is 8.03. The number of hydrogen-bond donors (Lipinski definition) is 1. The van der Waals surface area contributed by atoms with Crippen molar-refractivity contribution in [2.45, 2.75) is 37.7 Å². The molecule has 1 aliphatic carbocycles. The summed E-state index contributed by atoms with van der Waals surface area (Å²) in [6, 6.07) is 1.92. The Morgan fingerprint density at radius 3 is 2.62 bits per heavy atom. The van der Waals surface area contributed by atoms with Gasteiger partial charge < -0.3 is 5.11 Å². The summed E-state index contributed by atoms with van der Waals surface area (Å²) < 4.78 is 1.75. The topological polar surface area (TPSA) is 38.0 Å². The molecule has 3 nitrogen and oxygen atoms in total. The van der Waals surface area contributed by atoms with Crippen LogP contribution in [0.2, 0.25) is 0 Å². The average molecular weight is 180 g/mol. The summed E-state index contributed by atoms with van der Waals surface area (Å²) in [6.45, 7) is 0. The van der Waals surface area contributed by atoms with Gasteiger partial charge in [0, 0.05) is 13.2 Å². The Kier molecular flexibility index (Phi) is 2.12. The second kappa shape index (κ2) is 3.14. The van der Waals surface area contributed by atoms with Gasteiger partial charge in [-0.15, -0.1) is 0 Å². The number of aryl methyl sites for hydroxylation is 1. The Morgan fingerprint density at radius 1 is 1.38 bits per heavy atom. The largest absolute Gasteiger partial charge is 0.383 e. The van der Waals surface area contributed by atoms with E-state index in [9.17, 15) is 5.11 Å². The van der Waals surface area contributed by atoms with E-state index in [4.69, 9.17) is 0 Å². The highest BCUT2D eigenvalue weighted by Gasteiger charge is 2.32. The minimum Gasteiger partial charge on any atom is -0.383 e. The van der Waals surface area contributed by atoms with Crippen LogP contribution >= 0.6 is 0 Å². The van der Waals surface area contributed by atoms with Crippen LogP contribution in [0.5, 0.6) is 0 Å². The highest BCUT2D eigenvalue weighted by atomic mass is 16.3. The van der Waals surface area contributed by atoms with Crippen molar-refractivity contribution in [2.24, 2.45) is 7.05 Å². The first kappa shape index (κ1) is 8.75. The molecule has 1 aliphatic rings. The lowest BCUT2D eigenvalue weighted by atomic mass is 9.83. The summed E-state index contributed by atoms with van der Waals surface area (Å²) in [6.07, 6.45) is 7.10. The lowest BCUT2D eigenvalue weighted by molar-refractivity contribution is -0.00507. The smallest absolute Gasteiger partial charge is 0.108 e. The van der Waals surface area contributed by atoms with Gasteiger partial charge in [-0.1, -0.05) is 19.3 Å². The van der Waals surface area contributed by atoms with Crippen LogP contribution in [-0.4, -0.2) is 14.9 Å². The standard InChI is InChI=1S/C10H16N2O/c1-12-8-5-9(11-12)10(13)6-3-2-4-7-10/h5,8,13H,2-4,6-7H2,1H3. The van der Waals surface area contributed by atoms with Crippen molar-refractivity contribution in [3.63, 3.8) is 0 Å². The van der Waals surface area contributed by atoms with E-state index in [1.807, 2.05) is 19.3 Å². The molecule has 0 radical (unpaired) electrons. The molecular weight excluding hydrogens is 164 g/mol. The summed E-state index contributed by atoms with van der Waals surface area (Å²) in [5.74, 6) is 0. The maximum absolute atomic E-state index is 10.3. The minimum atomic E-state index is -0.639. The fourth-order valence-corrected chi connectivity index (χ4v) is 2.06. The van der Waals surface area contributed by atoms with Crippen molar-refractivity contribution >= 4 is 0 Å². The summed E-state index contributed by atoms with van der Waals surface area (Å²) in [4.78, 5) is 0. The van der Waals surface area contributed by atoms with Gasteiger partial charge in [0.25, 0.3) is 0 Å². The number of aromatic nitrogens is 2. The first-order valence-electron chi connectivity index (χ1n) is 4.93. The average Bonchev–Trinajstić information content (AvgIpc) is 2.54. The lowest BCUT2D eigenvalue weighted by Gasteiger charge is -2.30. The fraction of sp³-hybridized carbons (Fsp3) is 0.700. The van der Waals surface area contributed by atoms with Crippen LogP contribution in [0, 0.1) is 0 Å². The van der Waals surface area contributed by atoms with Crippen LogP contribution < -0.4 is 0 Å². The van der Waals surface area contributed by atoms with E-state index < -0.39 is 5.60 Å².